The first-order valence-electron chi connectivity index (χ1n) is 9.85. The number of nitrogens with zero attached hydrogens (tertiary/aromatic N) is 2. The van der Waals surface area contributed by atoms with Crippen LogP contribution < -0.4 is 4.74 Å². The third kappa shape index (κ3) is 5.20. The quantitative estimate of drug-likeness (QED) is 0.698. The minimum absolute atomic E-state index is 0.204. The van der Waals surface area contributed by atoms with Crippen LogP contribution in [-0.4, -0.2) is 49.4 Å². The molecule has 1 aliphatic heterocycles. The smallest absolute Gasteiger partial charge is 0.410 e. The number of amides is 1. The normalized spacial score (nSPS) is 17.0. The van der Waals surface area contributed by atoms with E-state index < -0.39 is 22.9 Å². The molecule has 1 amide bonds. The summed E-state index contributed by atoms with van der Waals surface area (Å²) in [5.74, 6) is -0.865. The van der Waals surface area contributed by atoms with Gasteiger partial charge in [-0.15, -0.1) is 0 Å². The van der Waals surface area contributed by atoms with Crippen LogP contribution in [0.3, 0.4) is 0 Å². The minimum Gasteiger partial charge on any atom is -0.497 e. The number of benzene rings is 1. The number of esters is 1. The Morgan fingerprint density at radius 2 is 1.93 bits per heavy atom. The van der Waals surface area contributed by atoms with Crippen LogP contribution in [0.15, 0.2) is 24.3 Å². The number of piperidine rings is 1. The fraction of sp³-hybridized carbons (Fsp3) is 0.591. The van der Waals surface area contributed by atoms with Crippen molar-refractivity contribution in [2.75, 3.05) is 26.8 Å². The Labute approximate surface area is 172 Å². The molecular weight excluding hydrogens is 372 g/mol. The lowest BCUT2D eigenvalue weighted by Gasteiger charge is -2.44. The number of likely N-dealkylation sites (tertiary alicyclic amines) is 1. The van der Waals surface area contributed by atoms with Crippen molar-refractivity contribution in [2.24, 2.45) is 5.92 Å². The summed E-state index contributed by atoms with van der Waals surface area (Å²) in [5.41, 5.74) is -0.521. The summed E-state index contributed by atoms with van der Waals surface area (Å²) in [6, 6.07) is 9.58. The second-order valence-electron chi connectivity index (χ2n) is 8.17. The molecule has 158 valence electrons. The summed E-state index contributed by atoms with van der Waals surface area (Å²) >= 11 is 0. The van der Waals surface area contributed by atoms with Crippen molar-refractivity contribution in [3.63, 3.8) is 0 Å². The zero-order chi connectivity index (χ0) is 21.7. The van der Waals surface area contributed by atoms with Crippen LogP contribution in [0, 0.1) is 17.2 Å². The van der Waals surface area contributed by atoms with Gasteiger partial charge in [0.1, 0.15) is 11.4 Å². The number of nitriles is 1. The van der Waals surface area contributed by atoms with E-state index in [1.807, 2.05) is 45.0 Å². The van der Waals surface area contributed by atoms with Gasteiger partial charge in [0.2, 0.25) is 0 Å². The molecule has 29 heavy (non-hydrogen) atoms. The first-order chi connectivity index (χ1) is 13.7. The lowest BCUT2D eigenvalue weighted by molar-refractivity contribution is -0.149. The van der Waals surface area contributed by atoms with E-state index in [1.165, 1.54) is 0 Å². The van der Waals surface area contributed by atoms with Crippen LogP contribution in [0.4, 0.5) is 4.79 Å². The summed E-state index contributed by atoms with van der Waals surface area (Å²) in [4.78, 5) is 26.7. The highest BCUT2D eigenvalue weighted by Gasteiger charge is 2.48. The first kappa shape index (κ1) is 22.5. The highest BCUT2D eigenvalue weighted by atomic mass is 16.6. The maximum atomic E-state index is 12.6. The molecule has 2 rings (SSSR count). The van der Waals surface area contributed by atoms with E-state index in [2.05, 4.69) is 6.07 Å². The van der Waals surface area contributed by atoms with Crippen LogP contribution in [0.25, 0.3) is 0 Å². The fourth-order valence-electron chi connectivity index (χ4n) is 3.72. The Bertz CT molecular complexity index is 770. The van der Waals surface area contributed by atoms with Crippen molar-refractivity contribution in [3.05, 3.63) is 29.8 Å². The largest absolute Gasteiger partial charge is 0.497 e. The van der Waals surface area contributed by atoms with Crippen molar-refractivity contribution >= 4 is 12.1 Å². The van der Waals surface area contributed by atoms with E-state index in [-0.39, 0.29) is 12.7 Å². The molecule has 1 unspecified atom stereocenters. The molecule has 0 radical (unpaired) electrons. The van der Waals surface area contributed by atoms with Crippen molar-refractivity contribution in [2.45, 2.75) is 51.6 Å². The van der Waals surface area contributed by atoms with Gasteiger partial charge in [0.05, 0.1) is 19.8 Å². The number of methoxy groups -OCH3 is 1. The summed E-state index contributed by atoms with van der Waals surface area (Å²) in [7, 11) is 1.57. The van der Waals surface area contributed by atoms with Gasteiger partial charge >= 0.3 is 12.1 Å². The van der Waals surface area contributed by atoms with E-state index in [4.69, 9.17) is 14.2 Å². The van der Waals surface area contributed by atoms with E-state index in [1.54, 1.807) is 18.9 Å². The molecule has 1 saturated heterocycles. The fourth-order valence-corrected chi connectivity index (χ4v) is 3.72. The molecule has 1 aromatic carbocycles. The molecule has 1 atom stereocenters. The van der Waals surface area contributed by atoms with E-state index in [9.17, 15) is 14.9 Å². The van der Waals surface area contributed by atoms with Crippen LogP contribution in [0.5, 0.6) is 5.75 Å². The zero-order valence-corrected chi connectivity index (χ0v) is 17.9. The van der Waals surface area contributed by atoms with Gasteiger partial charge in [-0.2, -0.15) is 5.26 Å². The SMILES string of the molecule is CCOC(=O)C(C#N)C1(c2cccc(OC)c2)CCN(C(=O)OC(C)(C)C)CC1. The molecule has 1 aliphatic rings. The Morgan fingerprint density at radius 3 is 2.45 bits per heavy atom. The lowest BCUT2D eigenvalue weighted by atomic mass is 9.64. The molecule has 0 N–H and O–H groups in total. The van der Waals surface area contributed by atoms with Crippen molar-refractivity contribution in [3.8, 4) is 11.8 Å². The maximum Gasteiger partial charge on any atom is 0.410 e. The van der Waals surface area contributed by atoms with Gasteiger partial charge in [-0.3, -0.25) is 4.79 Å². The number of ether oxygens (including phenoxy) is 3. The van der Waals surface area contributed by atoms with Gasteiger partial charge in [0.25, 0.3) is 0 Å². The van der Waals surface area contributed by atoms with Gasteiger partial charge in [0, 0.05) is 18.5 Å². The second kappa shape index (κ2) is 9.17. The van der Waals surface area contributed by atoms with Gasteiger partial charge in [-0.05, 0) is 58.2 Å². The van der Waals surface area contributed by atoms with Crippen LogP contribution in [0.1, 0.15) is 46.1 Å². The van der Waals surface area contributed by atoms with Gasteiger partial charge in [-0.1, -0.05) is 12.1 Å². The highest BCUT2D eigenvalue weighted by molar-refractivity contribution is 5.78. The summed E-state index contributed by atoms with van der Waals surface area (Å²) in [5, 5.41) is 9.87. The number of hydrogen-bond acceptors (Lipinski definition) is 6. The van der Waals surface area contributed by atoms with E-state index >= 15 is 0 Å². The Balaban J connectivity index is 2.36. The molecule has 0 spiro atoms. The van der Waals surface area contributed by atoms with Gasteiger partial charge in [-0.25, -0.2) is 4.79 Å². The lowest BCUT2D eigenvalue weighted by Crippen LogP contribution is -2.51. The van der Waals surface area contributed by atoms with Crippen LogP contribution >= 0.6 is 0 Å². The topological polar surface area (TPSA) is 88.9 Å². The zero-order valence-electron chi connectivity index (χ0n) is 17.9. The van der Waals surface area contributed by atoms with E-state index in [0.717, 1.165) is 5.56 Å². The summed E-state index contributed by atoms with van der Waals surface area (Å²) < 4.78 is 16.0. The monoisotopic (exact) mass is 402 g/mol. The average molecular weight is 402 g/mol. The molecular formula is C22H30N2O5. The molecule has 1 fully saturated rings. The molecule has 1 heterocycles. The molecule has 0 bridgehead atoms. The molecule has 7 nitrogen and oxygen atoms in total. The maximum absolute atomic E-state index is 12.6. The van der Waals surface area contributed by atoms with Crippen molar-refractivity contribution in [1.29, 1.82) is 5.26 Å². The van der Waals surface area contributed by atoms with Crippen LogP contribution in [-0.2, 0) is 19.7 Å². The first-order valence-corrected chi connectivity index (χ1v) is 9.85. The number of carbonyl (C=O) groups is 2. The Kier molecular flexibility index (Phi) is 7.12. The molecule has 0 aromatic heterocycles. The summed E-state index contributed by atoms with van der Waals surface area (Å²) in [6.07, 6.45) is 0.494. The standard InChI is InChI=1S/C22H30N2O5/c1-6-28-19(25)18(15-23)22(16-8-7-9-17(14-16)27-5)10-12-24(13-11-22)20(26)29-21(2,3)4/h7-9,14,18H,6,10-13H2,1-5H3. The third-order valence-corrected chi connectivity index (χ3v) is 5.16. The minimum atomic E-state index is -0.977. The Morgan fingerprint density at radius 1 is 1.28 bits per heavy atom. The number of rotatable bonds is 5. The predicted octanol–water partition coefficient (Wildman–Crippen LogP) is 3.67. The predicted molar refractivity (Wildman–Crippen MR) is 107 cm³/mol. The highest BCUT2D eigenvalue weighted by Crippen LogP contribution is 2.43. The molecule has 0 saturated carbocycles. The van der Waals surface area contributed by atoms with Gasteiger partial charge in [0.15, 0.2) is 5.92 Å². The van der Waals surface area contributed by atoms with Crippen molar-refractivity contribution in [1.82, 2.24) is 4.90 Å². The van der Waals surface area contributed by atoms with Crippen molar-refractivity contribution < 1.29 is 23.8 Å². The number of carbonyl (C=O) groups excluding carboxylic acids is 2. The number of hydrogen-bond donors (Lipinski definition) is 0. The average Bonchev–Trinajstić information content (AvgIpc) is 2.68. The molecule has 0 aliphatic carbocycles. The van der Waals surface area contributed by atoms with Crippen LogP contribution in [0.2, 0.25) is 0 Å². The molecule has 7 heteroatoms. The second-order valence-corrected chi connectivity index (χ2v) is 8.17. The van der Waals surface area contributed by atoms with Gasteiger partial charge < -0.3 is 19.1 Å². The Hall–Kier alpha value is -2.75. The van der Waals surface area contributed by atoms with E-state index in [0.29, 0.717) is 31.7 Å². The molecule has 1 aromatic rings. The third-order valence-electron chi connectivity index (χ3n) is 5.16. The summed E-state index contributed by atoms with van der Waals surface area (Å²) in [6.45, 7) is 8.14.